The third kappa shape index (κ3) is 3.74. The Bertz CT molecular complexity index is 525. The van der Waals surface area contributed by atoms with E-state index in [0.717, 1.165) is 30.0 Å². The largest absolute Gasteiger partial charge is 0.497 e. The summed E-state index contributed by atoms with van der Waals surface area (Å²) in [6, 6.07) is 8.36. The number of hydrogen-bond acceptors (Lipinski definition) is 4. The second kappa shape index (κ2) is 7.31. The molecule has 1 aromatic carbocycles. The number of nitrogens with one attached hydrogen (secondary N) is 1. The van der Waals surface area contributed by atoms with E-state index in [1.807, 2.05) is 12.1 Å². The van der Waals surface area contributed by atoms with Gasteiger partial charge in [0.25, 0.3) is 0 Å². The van der Waals surface area contributed by atoms with Crippen LogP contribution in [0.15, 0.2) is 35.0 Å². The van der Waals surface area contributed by atoms with Crippen LogP contribution in [-0.2, 0) is 6.42 Å². The van der Waals surface area contributed by atoms with Gasteiger partial charge in [-0.1, -0.05) is 6.07 Å². The minimum Gasteiger partial charge on any atom is -0.497 e. The van der Waals surface area contributed by atoms with Crippen molar-refractivity contribution in [2.24, 2.45) is 0 Å². The predicted molar refractivity (Wildman–Crippen MR) is 84.0 cm³/mol. The van der Waals surface area contributed by atoms with E-state index in [-0.39, 0.29) is 6.04 Å². The Kier molecular flexibility index (Phi) is 5.44. The summed E-state index contributed by atoms with van der Waals surface area (Å²) >= 11 is 1.74. The quantitative estimate of drug-likeness (QED) is 0.844. The Morgan fingerprint density at radius 2 is 2.05 bits per heavy atom. The number of rotatable bonds is 7. The molecule has 20 heavy (non-hydrogen) atoms. The molecule has 108 valence electrons. The van der Waals surface area contributed by atoms with E-state index in [0.29, 0.717) is 0 Å². The molecule has 0 bridgehead atoms. The van der Waals surface area contributed by atoms with E-state index in [9.17, 15) is 0 Å². The zero-order valence-electron chi connectivity index (χ0n) is 12.2. The van der Waals surface area contributed by atoms with Gasteiger partial charge in [-0.3, -0.25) is 0 Å². The van der Waals surface area contributed by atoms with Crippen LogP contribution >= 0.6 is 11.3 Å². The number of methoxy groups -OCH3 is 2. The van der Waals surface area contributed by atoms with Crippen LogP contribution in [0.1, 0.15) is 24.1 Å². The van der Waals surface area contributed by atoms with Crippen molar-refractivity contribution in [3.63, 3.8) is 0 Å². The molecule has 0 saturated heterocycles. The Morgan fingerprint density at radius 3 is 2.70 bits per heavy atom. The summed E-state index contributed by atoms with van der Waals surface area (Å²) in [5.41, 5.74) is 2.54. The van der Waals surface area contributed by atoms with E-state index < -0.39 is 0 Å². The lowest BCUT2D eigenvalue weighted by Crippen LogP contribution is -2.21. The molecule has 0 aliphatic carbocycles. The minimum atomic E-state index is 0.245. The van der Waals surface area contributed by atoms with Crippen molar-refractivity contribution in [2.45, 2.75) is 19.4 Å². The third-order valence-electron chi connectivity index (χ3n) is 3.35. The van der Waals surface area contributed by atoms with Crippen LogP contribution in [0.2, 0.25) is 0 Å². The Labute approximate surface area is 124 Å². The zero-order valence-corrected chi connectivity index (χ0v) is 13.0. The highest BCUT2D eigenvalue weighted by Gasteiger charge is 2.11. The van der Waals surface area contributed by atoms with Crippen molar-refractivity contribution in [3.05, 3.63) is 46.2 Å². The summed E-state index contributed by atoms with van der Waals surface area (Å²) in [4.78, 5) is 0. The first-order chi connectivity index (χ1) is 9.74. The standard InChI is InChI=1S/C16H21NO2S/c1-12(17-8-6-13-7-9-20-11-13)15-5-4-14(18-2)10-16(15)19-3/h4-5,7,9-12,17H,6,8H2,1-3H3. The van der Waals surface area contributed by atoms with Crippen LogP contribution in [-0.4, -0.2) is 20.8 Å². The van der Waals surface area contributed by atoms with E-state index in [2.05, 4.69) is 35.1 Å². The number of thiophene rings is 1. The average molecular weight is 291 g/mol. The van der Waals surface area contributed by atoms with Crippen LogP contribution in [0.25, 0.3) is 0 Å². The lowest BCUT2D eigenvalue weighted by molar-refractivity contribution is 0.386. The second-order valence-electron chi connectivity index (χ2n) is 4.67. The fourth-order valence-electron chi connectivity index (χ4n) is 2.15. The van der Waals surface area contributed by atoms with Gasteiger partial charge in [0, 0.05) is 17.7 Å². The van der Waals surface area contributed by atoms with Crippen molar-refractivity contribution in [1.82, 2.24) is 5.32 Å². The Hall–Kier alpha value is -1.52. The van der Waals surface area contributed by atoms with Crippen molar-refractivity contribution < 1.29 is 9.47 Å². The first kappa shape index (κ1) is 14.9. The highest BCUT2D eigenvalue weighted by Crippen LogP contribution is 2.29. The molecule has 1 unspecified atom stereocenters. The average Bonchev–Trinajstić information content (AvgIpc) is 2.99. The van der Waals surface area contributed by atoms with Crippen molar-refractivity contribution in [1.29, 1.82) is 0 Å². The highest BCUT2D eigenvalue weighted by atomic mass is 32.1. The van der Waals surface area contributed by atoms with Gasteiger partial charge in [0.15, 0.2) is 0 Å². The Balaban J connectivity index is 1.95. The predicted octanol–water partition coefficient (Wildman–Crippen LogP) is 3.66. The molecule has 0 radical (unpaired) electrons. The van der Waals surface area contributed by atoms with Gasteiger partial charge in [-0.25, -0.2) is 0 Å². The molecular weight excluding hydrogens is 270 g/mol. The van der Waals surface area contributed by atoms with E-state index >= 15 is 0 Å². The number of benzene rings is 1. The fourth-order valence-corrected chi connectivity index (χ4v) is 2.86. The SMILES string of the molecule is COc1ccc(C(C)NCCc2ccsc2)c(OC)c1. The smallest absolute Gasteiger partial charge is 0.127 e. The molecule has 0 aliphatic heterocycles. The van der Waals surface area contributed by atoms with Crippen molar-refractivity contribution in [3.8, 4) is 11.5 Å². The molecular formula is C16H21NO2S. The van der Waals surface area contributed by atoms with Crippen LogP contribution in [0.4, 0.5) is 0 Å². The highest BCUT2D eigenvalue weighted by molar-refractivity contribution is 7.07. The van der Waals surface area contributed by atoms with Gasteiger partial charge in [-0.15, -0.1) is 0 Å². The van der Waals surface area contributed by atoms with Crippen LogP contribution in [0.3, 0.4) is 0 Å². The van der Waals surface area contributed by atoms with Crippen LogP contribution in [0, 0.1) is 0 Å². The summed E-state index contributed by atoms with van der Waals surface area (Å²) in [7, 11) is 3.35. The summed E-state index contributed by atoms with van der Waals surface area (Å²) in [6.07, 6.45) is 1.05. The first-order valence-corrected chi connectivity index (χ1v) is 7.65. The lowest BCUT2D eigenvalue weighted by Gasteiger charge is -2.18. The molecule has 1 atom stereocenters. The van der Waals surface area contributed by atoms with Gasteiger partial charge < -0.3 is 14.8 Å². The fraction of sp³-hybridized carbons (Fsp3) is 0.375. The summed E-state index contributed by atoms with van der Waals surface area (Å²) in [6.45, 7) is 3.10. The maximum atomic E-state index is 5.44. The molecule has 1 aromatic heterocycles. The van der Waals surface area contributed by atoms with E-state index in [1.54, 1.807) is 25.6 Å². The summed E-state index contributed by atoms with van der Waals surface area (Å²) in [5, 5.41) is 7.84. The molecule has 0 saturated carbocycles. The summed E-state index contributed by atoms with van der Waals surface area (Å²) in [5.74, 6) is 1.68. The molecule has 4 heteroatoms. The van der Waals surface area contributed by atoms with Crippen LogP contribution in [0.5, 0.6) is 11.5 Å². The summed E-state index contributed by atoms with van der Waals surface area (Å²) < 4.78 is 10.7. The van der Waals surface area contributed by atoms with Gasteiger partial charge >= 0.3 is 0 Å². The van der Waals surface area contributed by atoms with Gasteiger partial charge in [0.2, 0.25) is 0 Å². The van der Waals surface area contributed by atoms with Crippen LogP contribution < -0.4 is 14.8 Å². The third-order valence-corrected chi connectivity index (χ3v) is 4.08. The van der Waals surface area contributed by atoms with Gasteiger partial charge in [0.05, 0.1) is 14.2 Å². The maximum absolute atomic E-state index is 5.44. The van der Waals surface area contributed by atoms with Crippen molar-refractivity contribution >= 4 is 11.3 Å². The molecule has 2 aromatic rings. The molecule has 0 amide bonds. The Morgan fingerprint density at radius 1 is 1.20 bits per heavy atom. The second-order valence-corrected chi connectivity index (χ2v) is 5.45. The minimum absolute atomic E-state index is 0.245. The van der Waals surface area contributed by atoms with Gasteiger partial charge in [-0.05, 0) is 48.3 Å². The van der Waals surface area contributed by atoms with Gasteiger partial charge in [0.1, 0.15) is 11.5 Å². The molecule has 0 aliphatic rings. The van der Waals surface area contributed by atoms with Crippen molar-refractivity contribution in [2.75, 3.05) is 20.8 Å². The lowest BCUT2D eigenvalue weighted by atomic mass is 10.1. The molecule has 0 fully saturated rings. The maximum Gasteiger partial charge on any atom is 0.127 e. The van der Waals surface area contributed by atoms with E-state index in [1.165, 1.54) is 5.56 Å². The molecule has 0 spiro atoms. The molecule has 2 rings (SSSR count). The molecule has 1 N–H and O–H groups in total. The van der Waals surface area contributed by atoms with E-state index in [4.69, 9.17) is 9.47 Å². The normalized spacial score (nSPS) is 12.2. The number of hydrogen-bond donors (Lipinski definition) is 1. The molecule has 1 heterocycles. The molecule has 3 nitrogen and oxygen atoms in total. The monoisotopic (exact) mass is 291 g/mol. The number of ether oxygens (including phenoxy) is 2. The topological polar surface area (TPSA) is 30.5 Å². The first-order valence-electron chi connectivity index (χ1n) is 6.71. The van der Waals surface area contributed by atoms with Gasteiger partial charge in [-0.2, -0.15) is 11.3 Å². The zero-order chi connectivity index (χ0) is 14.4.